The van der Waals surface area contributed by atoms with Gasteiger partial charge in [-0.3, -0.25) is 0 Å². The molecule has 2 aromatic rings. The number of aromatic hydroxyl groups is 1. The maximum atomic E-state index is 13.5. The Morgan fingerprint density at radius 3 is 2.70 bits per heavy atom. The van der Waals surface area contributed by atoms with Crippen LogP contribution in [0.25, 0.3) is 0 Å². The monoisotopic (exact) mass is 414 g/mol. The van der Waals surface area contributed by atoms with Gasteiger partial charge in [0.25, 0.3) is 0 Å². The molecule has 0 aliphatic carbocycles. The Hall–Kier alpha value is -2.96. The summed E-state index contributed by atoms with van der Waals surface area (Å²) in [7, 11) is 0. The van der Waals surface area contributed by atoms with Gasteiger partial charge in [0.2, 0.25) is 0 Å². The third-order valence-corrected chi connectivity index (χ3v) is 5.10. The summed E-state index contributed by atoms with van der Waals surface area (Å²) < 4.78 is 18.9. The number of hydrogen-bond acceptors (Lipinski definition) is 4. The number of phenolic OH excluding ortho intramolecular Hbond substituents is 1. The molecule has 162 valence electrons. The van der Waals surface area contributed by atoms with Crippen LogP contribution >= 0.6 is 0 Å². The summed E-state index contributed by atoms with van der Waals surface area (Å²) in [5.74, 6) is 1.19. The van der Waals surface area contributed by atoms with E-state index in [1.54, 1.807) is 18.2 Å². The predicted molar refractivity (Wildman–Crippen MR) is 119 cm³/mol. The molecule has 0 amide bonds. The van der Waals surface area contributed by atoms with Crippen LogP contribution in [0.4, 0.5) is 10.1 Å². The molecule has 0 bridgehead atoms. The van der Waals surface area contributed by atoms with Crippen molar-refractivity contribution in [1.82, 2.24) is 10.6 Å². The molecule has 2 aromatic carbocycles. The Kier molecular flexibility index (Phi) is 7.76. The lowest BCUT2D eigenvalue weighted by atomic mass is 10.0. The lowest BCUT2D eigenvalue weighted by Crippen LogP contribution is -2.48. The molecule has 0 saturated carbocycles. The fourth-order valence-corrected chi connectivity index (χ4v) is 3.57. The van der Waals surface area contributed by atoms with Crippen LogP contribution < -0.4 is 20.3 Å². The minimum absolute atomic E-state index is 0.139. The van der Waals surface area contributed by atoms with Crippen LogP contribution in [0.1, 0.15) is 32.3 Å². The van der Waals surface area contributed by atoms with Crippen LogP contribution in [0.2, 0.25) is 0 Å². The van der Waals surface area contributed by atoms with E-state index in [1.165, 1.54) is 6.07 Å². The number of aliphatic imine (C=N–C) groups is 1. The number of anilines is 1. The number of ether oxygens (including phenoxy) is 1. The second-order valence-corrected chi connectivity index (χ2v) is 7.32. The van der Waals surface area contributed by atoms with E-state index in [0.717, 1.165) is 49.7 Å². The van der Waals surface area contributed by atoms with Gasteiger partial charge in [0.1, 0.15) is 5.82 Å². The number of rotatable bonds is 7. The molecule has 0 unspecified atom stereocenters. The molecule has 1 aliphatic heterocycles. The number of guanidine groups is 1. The van der Waals surface area contributed by atoms with Gasteiger partial charge in [0.15, 0.2) is 17.5 Å². The molecule has 1 aliphatic rings. The Labute approximate surface area is 177 Å². The average molecular weight is 415 g/mol. The number of nitrogens with one attached hydrogen (secondary N) is 2. The summed E-state index contributed by atoms with van der Waals surface area (Å²) in [5, 5.41) is 16.7. The second-order valence-electron chi connectivity index (χ2n) is 7.32. The molecule has 30 heavy (non-hydrogen) atoms. The number of halogens is 1. The maximum Gasteiger partial charge on any atom is 0.191 e. The van der Waals surface area contributed by atoms with Crippen molar-refractivity contribution in [2.75, 3.05) is 31.1 Å². The molecule has 1 saturated heterocycles. The SMILES string of the molecule is CCNC(=NCc1ccc(O)c(OCC)c1)NC1CCN(c2cccc(F)c2)CC1. The van der Waals surface area contributed by atoms with Gasteiger partial charge in [-0.25, -0.2) is 9.38 Å². The van der Waals surface area contributed by atoms with Crippen molar-refractivity contribution in [2.24, 2.45) is 4.99 Å². The molecular formula is C23H31FN4O2. The predicted octanol–water partition coefficient (Wildman–Crippen LogP) is 3.65. The van der Waals surface area contributed by atoms with Crippen molar-refractivity contribution in [1.29, 1.82) is 0 Å². The Bertz CT molecular complexity index is 851. The van der Waals surface area contributed by atoms with E-state index in [0.29, 0.717) is 24.9 Å². The first-order chi connectivity index (χ1) is 14.6. The number of hydrogen-bond donors (Lipinski definition) is 3. The lowest BCUT2D eigenvalue weighted by molar-refractivity contribution is 0.318. The number of benzene rings is 2. The number of piperidine rings is 1. The minimum atomic E-state index is -0.198. The molecule has 7 heteroatoms. The van der Waals surface area contributed by atoms with Crippen LogP contribution in [0.3, 0.4) is 0 Å². The molecular weight excluding hydrogens is 383 g/mol. The second kappa shape index (κ2) is 10.7. The number of nitrogens with zero attached hydrogens (tertiary/aromatic N) is 2. The zero-order valence-corrected chi connectivity index (χ0v) is 17.7. The van der Waals surface area contributed by atoms with Crippen molar-refractivity contribution in [3.05, 3.63) is 53.8 Å². The van der Waals surface area contributed by atoms with E-state index in [9.17, 15) is 9.50 Å². The van der Waals surface area contributed by atoms with E-state index in [1.807, 2.05) is 32.0 Å². The Morgan fingerprint density at radius 2 is 2.00 bits per heavy atom. The third-order valence-electron chi connectivity index (χ3n) is 5.10. The lowest BCUT2D eigenvalue weighted by Gasteiger charge is -2.34. The summed E-state index contributed by atoms with van der Waals surface area (Å²) in [6.07, 6.45) is 1.91. The smallest absolute Gasteiger partial charge is 0.191 e. The minimum Gasteiger partial charge on any atom is -0.504 e. The van der Waals surface area contributed by atoms with Crippen LogP contribution in [-0.2, 0) is 6.54 Å². The van der Waals surface area contributed by atoms with Crippen LogP contribution in [0.5, 0.6) is 11.5 Å². The first-order valence-electron chi connectivity index (χ1n) is 10.6. The molecule has 0 spiro atoms. The van der Waals surface area contributed by atoms with Crippen LogP contribution in [0.15, 0.2) is 47.5 Å². The van der Waals surface area contributed by atoms with Gasteiger partial charge in [0.05, 0.1) is 13.2 Å². The first kappa shape index (κ1) is 21.7. The largest absolute Gasteiger partial charge is 0.504 e. The van der Waals surface area contributed by atoms with E-state index in [-0.39, 0.29) is 11.6 Å². The summed E-state index contributed by atoms with van der Waals surface area (Å²) in [6.45, 7) is 7.42. The van der Waals surface area contributed by atoms with Gasteiger partial charge in [0, 0.05) is 31.4 Å². The van der Waals surface area contributed by atoms with Crippen molar-refractivity contribution >= 4 is 11.6 Å². The highest BCUT2D eigenvalue weighted by Gasteiger charge is 2.20. The van der Waals surface area contributed by atoms with Crippen molar-refractivity contribution in [3.8, 4) is 11.5 Å². The van der Waals surface area contributed by atoms with Gasteiger partial charge in [-0.05, 0) is 62.6 Å². The van der Waals surface area contributed by atoms with E-state index >= 15 is 0 Å². The highest BCUT2D eigenvalue weighted by Crippen LogP contribution is 2.27. The average Bonchev–Trinajstić information content (AvgIpc) is 2.75. The van der Waals surface area contributed by atoms with Crippen molar-refractivity contribution in [2.45, 2.75) is 39.3 Å². The van der Waals surface area contributed by atoms with Gasteiger partial charge < -0.3 is 25.4 Å². The molecule has 6 nitrogen and oxygen atoms in total. The zero-order valence-electron chi connectivity index (χ0n) is 17.7. The summed E-state index contributed by atoms with van der Waals surface area (Å²) in [4.78, 5) is 6.91. The summed E-state index contributed by atoms with van der Waals surface area (Å²) >= 11 is 0. The normalized spacial score (nSPS) is 15.2. The Balaban J connectivity index is 1.57. The molecule has 0 atom stereocenters. The van der Waals surface area contributed by atoms with Crippen molar-refractivity contribution < 1.29 is 14.2 Å². The fourth-order valence-electron chi connectivity index (χ4n) is 3.57. The number of phenols is 1. The van der Waals surface area contributed by atoms with Gasteiger partial charge >= 0.3 is 0 Å². The molecule has 3 rings (SSSR count). The highest BCUT2D eigenvalue weighted by molar-refractivity contribution is 5.80. The Morgan fingerprint density at radius 1 is 1.20 bits per heavy atom. The zero-order chi connectivity index (χ0) is 21.3. The molecule has 1 heterocycles. The summed E-state index contributed by atoms with van der Waals surface area (Å²) in [5.41, 5.74) is 1.90. The highest BCUT2D eigenvalue weighted by atomic mass is 19.1. The first-order valence-corrected chi connectivity index (χ1v) is 10.6. The van der Waals surface area contributed by atoms with Gasteiger partial charge in [-0.2, -0.15) is 0 Å². The standard InChI is InChI=1S/C23H31FN4O2/c1-3-25-23(26-16-17-8-9-21(29)22(14-17)30-4-2)27-19-10-12-28(13-11-19)20-7-5-6-18(24)15-20/h5-9,14-15,19,29H,3-4,10-13,16H2,1-2H3,(H2,25,26,27). The molecule has 0 aromatic heterocycles. The van der Waals surface area contributed by atoms with E-state index < -0.39 is 0 Å². The molecule has 0 radical (unpaired) electrons. The molecule has 1 fully saturated rings. The van der Waals surface area contributed by atoms with Gasteiger partial charge in [-0.1, -0.05) is 12.1 Å². The fraction of sp³-hybridized carbons (Fsp3) is 0.435. The van der Waals surface area contributed by atoms with Gasteiger partial charge in [-0.15, -0.1) is 0 Å². The van der Waals surface area contributed by atoms with Crippen LogP contribution in [0, 0.1) is 5.82 Å². The van der Waals surface area contributed by atoms with Crippen LogP contribution in [-0.4, -0.2) is 43.3 Å². The van der Waals surface area contributed by atoms with E-state index in [2.05, 4.69) is 15.5 Å². The maximum absolute atomic E-state index is 13.5. The van der Waals surface area contributed by atoms with E-state index in [4.69, 9.17) is 9.73 Å². The topological polar surface area (TPSA) is 69.1 Å². The molecule has 3 N–H and O–H groups in total. The van der Waals surface area contributed by atoms with Crippen molar-refractivity contribution in [3.63, 3.8) is 0 Å². The summed E-state index contributed by atoms with van der Waals surface area (Å²) in [6, 6.07) is 12.4. The quantitative estimate of drug-likeness (QED) is 0.477. The third kappa shape index (κ3) is 6.02.